The number of ether oxygens (including phenoxy) is 1. The number of benzene rings is 1. The van der Waals surface area contributed by atoms with Crippen molar-refractivity contribution in [3.05, 3.63) is 39.9 Å². The zero-order valence-corrected chi connectivity index (χ0v) is 17.5. The van der Waals surface area contributed by atoms with E-state index in [4.69, 9.17) is 4.74 Å². The van der Waals surface area contributed by atoms with Crippen molar-refractivity contribution in [3.8, 4) is 6.07 Å². The average Bonchev–Trinajstić information content (AvgIpc) is 3.22. The van der Waals surface area contributed by atoms with Crippen LogP contribution in [0, 0.1) is 11.3 Å². The van der Waals surface area contributed by atoms with Gasteiger partial charge in [-0.3, -0.25) is 14.2 Å². The number of carbonyl (C=O) groups excluding carboxylic acids is 2. The summed E-state index contributed by atoms with van der Waals surface area (Å²) in [4.78, 5) is 42.2. The Morgan fingerprint density at radius 3 is 2.71 bits per heavy atom. The smallest absolute Gasteiger partial charge is 0.338 e. The van der Waals surface area contributed by atoms with Crippen LogP contribution >= 0.6 is 0 Å². The Balaban J connectivity index is 1.48. The van der Waals surface area contributed by atoms with E-state index < -0.39 is 24.0 Å². The number of nitrogens with zero attached hydrogens (tertiary/aromatic N) is 3. The van der Waals surface area contributed by atoms with Crippen molar-refractivity contribution in [1.82, 2.24) is 14.9 Å². The third-order valence-electron chi connectivity index (χ3n) is 6.19. The van der Waals surface area contributed by atoms with E-state index >= 15 is 0 Å². The van der Waals surface area contributed by atoms with E-state index in [-0.39, 0.29) is 11.1 Å². The van der Waals surface area contributed by atoms with Crippen molar-refractivity contribution in [2.45, 2.75) is 69.9 Å². The molecule has 0 spiro atoms. The van der Waals surface area contributed by atoms with Crippen LogP contribution in [0.25, 0.3) is 10.9 Å². The lowest BCUT2D eigenvalue weighted by Gasteiger charge is -2.21. The molecule has 1 aliphatic carbocycles. The van der Waals surface area contributed by atoms with Crippen molar-refractivity contribution in [3.63, 3.8) is 0 Å². The van der Waals surface area contributed by atoms with Crippen LogP contribution in [0.4, 0.5) is 0 Å². The van der Waals surface area contributed by atoms with Gasteiger partial charge in [0.15, 0.2) is 6.61 Å². The normalized spacial score (nSPS) is 17.8. The van der Waals surface area contributed by atoms with Gasteiger partial charge in [-0.15, -0.1) is 0 Å². The van der Waals surface area contributed by atoms with E-state index in [1.54, 1.807) is 16.7 Å². The van der Waals surface area contributed by atoms with E-state index in [1.807, 2.05) is 0 Å². The van der Waals surface area contributed by atoms with Crippen LogP contribution in [0.2, 0.25) is 0 Å². The lowest BCUT2D eigenvalue weighted by Crippen LogP contribution is -2.46. The van der Waals surface area contributed by atoms with Gasteiger partial charge >= 0.3 is 5.97 Å². The SMILES string of the molecule is N#CC1(NC(=O)COC(=O)c2ccc3c(=O)n4c(nc3c2)CCCCCC4)CCCC1. The minimum atomic E-state index is -0.852. The molecule has 1 N–H and O–H groups in total. The molecule has 2 aromatic rings. The summed E-state index contributed by atoms with van der Waals surface area (Å²) in [6, 6.07) is 6.84. The van der Waals surface area contributed by atoms with Crippen LogP contribution < -0.4 is 10.9 Å². The van der Waals surface area contributed by atoms with Gasteiger partial charge in [-0.1, -0.05) is 12.8 Å². The van der Waals surface area contributed by atoms with Gasteiger partial charge < -0.3 is 10.1 Å². The molecule has 8 nitrogen and oxygen atoms in total. The van der Waals surface area contributed by atoms with Gasteiger partial charge in [0.2, 0.25) is 0 Å². The molecule has 1 saturated carbocycles. The fourth-order valence-corrected chi connectivity index (χ4v) is 4.48. The topological polar surface area (TPSA) is 114 Å². The summed E-state index contributed by atoms with van der Waals surface area (Å²) >= 11 is 0. The highest BCUT2D eigenvalue weighted by Crippen LogP contribution is 2.28. The zero-order chi connectivity index (χ0) is 21.8. The van der Waals surface area contributed by atoms with Crippen LogP contribution in [-0.4, -0.2) is 33.6 Å². The first kappa shape index (κ1) is 21.0. The molecule has 2 heterocycles. The summed E-state index contributed by atoms with van der Waals surface area (Å²) in [6.07, 6.45) is 7.91. The Hall–Kier alpha value is -3.21. The first-order valence-corrected chi connectivity index (χ1v) is 10.9. The minimum absolute atomic E-state index is 0.0837. The number of hydrogen-bond donors (Lipinski definition) is 1. The highest BCUT2D eigenvalue weighted by atomic mass is 16.5. The number of hydrogen-bond acceptors (Lipinski definition) is 6. The number of aromatic nitrogens is 2. The Bertz CT molecular complexity index is 1110. The Morgan fingerprint density at radius 2 is 1.94 bits per heavy atom. The van der Waals surface area contributed by atoms with Crippen LogP contribution in [0.3, 0.4) is 0 Å². The maximum Gasteiger partial charge on any atom is 0.338 e. The summed E-state index contributed by atoms with van der Waals surface area (Å²) in [5.41, 5.74) is -0.238. The van der Waals surface area contributed by atoms with Crippen molar-refractivity contribution in [2.24, 2.45) is 0 Å². The predicted molar refractivity (Wildman–Crippen MR) is 113 cm³/mol. The van der Waals surface area contributed by atoms with E-state index in [1.165, 1.54) is 6.07 Å². The molecule has 0 unspecified atom stereocenters. The number of amides is 1. The van der Waals surface area contributed by atoms with Gasteiger partial charge in [-0.25, -0.2) is 9.78 Å². The van der Waals surface area contributed by atoms with Crippen molar-refractivity contribution < 1.29 is 14.3 Å². The second-order valence-electron chi connectivity index (χ2n) is 8.41. The second kappa shape index (κ2) is 8.88. The molecule has 1 aromatic heterocycles. The van der Waals surface area contributed by atoms with Crippen molar-refractivity contribution in [2.75, 3.05) is 6.61 Å². The third kappa shape index (κ3) is 4.46. The molecule has 2 aliphatic rings. The van der Waals surface area contributed by atoms with Gasteiger partial charge in [0.1, 0.15) is 11.4 Å². The monoisotopic (exact) mass is 422 g/mol. The zero-order valence-electron chi connectivity index (χ0n) is 17.5. The van der Waals surface area contributed by atoms with E-state index in [9.17, 15) is 19.6 Å². The quantitative estimate of drug-likeness (QED) is 0.758. The van der Waals surface area contributed by atoms with E-state index in [0.717, 1.165) is 50.8 Å². The van der Waals surface area contributed by atoms with Crippen LogP contribution in [-0.2, 0) is 22.5 Å². The Labute approximate surface area is 180 Å². The lowest BCUT2D eigenvalue weighted by atomic mass is 10.00. The molecule has 31 heavy (non-hydrogen) atoms. The Kier molecular flexibility index (Phi) is 6.03. The van der Waals surface area contributed by atoms with Gasteiger partial charge in [0, 0.05) is 13.0 Å². The van der Waals surface area contributed by atoms with Crippen molar-refractivity contribution in [1.29, 1.82) is 5.26 Å². The number of nitriles is 1. The second-order valence-corrected chi connectivity index (χ2v) is 8.41. The summed E-state index contributed by atoms with van der Waals surface area (Å²) < 4.78 is 6.89. The summed E-state index contributed by atoms with van der Waals surface area (Å²) in [6.45, 7) is 0.209. The molecular weight excluding hydrogens is 396 g/mol. The molecule has 0 radical (unpaired) electrons. The summed E-state index contributed by atoms with van der Waals surface area (Å²) in [7, 11) is 0. The van der Waals surface area contributed by atoms with Crippen molar-refractivity contribution >= 4 is 22.8 Å². The molecule has 0 saturated heterocycles. The van der Waals surface area contributed by atoms with Gasteiger partial charge in [0.25, 0.3) is 11.5 Å². The van der Waals surface area contributed by atoms with E-state index in [0.29, 0.717) is 30.3 Å². The lowest BCUT2D eigenvalue weighted by molar-refractivity contribution is -0.125. The Morgan fingerprint density at radius 1 is 1.16 bits per heavy atom. The highest BCUT2D eigenvalue weighted by molar-refractivity contribution is 5.95. The third-order valence-corrected chi connectivity index (χ3v) is 6.19. The summed E-state index contributed by atoms with van der Waals surface area (Å²) in [5.74, 6) is -0.404. The molecule has 8 heteroatoms. The molecule has 1 fully saturated rings. The number of carbonyl (C=O) groups is 2. The first-order chi connectivity index (χ1) is 15.0. The molecular formula is C23H26N4O4. The maximum absolute atomic E-state index is 12.9. The number of aryl methyl sites for hydroxylation is 1. The molecule has 0 bridgehead atoms. The van der Waals surface area contributed by atoms with E-state index in [2.05, 4.69) is 16.4 Å². The standard InChI is InChI=1S/C23H26N4O4/c24-15-23(10-4-5-11-23)26-20(28)14-31-22(30)16-8-9-17-18(13-16)25-19-7-3-1-2-6-12-27(19)21(17)29/h8-9,13H,1-7,10-12,14H2,(H,26,28). The number of nitrogens with one attached hydrogen (secondary N) is 1. The molecule has 1 aromatic carbocycles. The number of esters is 1. The van der Waals surface area contributed by atoms with Gasteiger partial charge in [0.05, 0.1) is 22.5 Å². The molecule has 0 atom stereocenters. The number of fused-ring (bicyclic) bond motifs is 2. The van der Waals surface area contributed by atoms with Crippen LogP contribution in [0.5, 0.6) is 0 Å². The maximum atomic E-state index is 12.9. The molecule has 1 amide bonds. The molecule has 162 valence electrons. The first-order valence-electron chi connectivity index (χ1n) is 10.9. The molecule has 1 aliphatic heterocycles. The fraction of sp³-hybridized carbons (Fsp3) is 0.522. The largest absolute Gasteiger partial charge is 0.452 e. The highest BCUT2D eigenvalue weighted by Gasteiger charge is 2.35. The average molecular weight is 422 g/mol. The number of rotatable bonds is 4. The van der Waals surface area contributed by atoms with Gasteiger partial charge in [-0.2, -0.15) is 5.26 Å². The predicted octanol–water partition coefficient (Wildman–Crippen LogP) is 2.62. The minimum Gasteiger partial charge on any atom is -0.452 e. The fourth-order valence-electron chi connectivity index (χ4n) is 4.48. The van der Waals surface area contributed by atoms with Crippen LogP contribution in [0.1, 0.15) is 67.5 Å². The van der Waals surface area contributed by atoms with Crippen LogP contribution in [0.15, 0.2) is 23.0 Å². The molecule has 4 rings (SSSR count). The van der Waals surface area contributed by atoms with Gasteiger partial charge in [-0.05, 0) is 56.7 Å². The summed E-state index contributed by atoms with van der Waals surface area (Å²) in [5, 5.41) is 12.5.